The number of halogens is 1. The highest BCUT2D eigenvalue weighted by atomic mass is 35.5. The Labute approximate surface area is 153 Å². The van der Waals surface area contributed by atoms with Crippen LogP contribution >= 0.6 is 22.9 Å². The minimum absolute atomic E-state index is 0.205. The molecule has 0 saturated heterocycles. The lowest BCUT2D eigenvalue weighted by Crippen LogP contribution is -2.19. The number of methoxy groups -OCH3 is 1. The standard InChI is InChI=1S/C17H16ClN3O3S/c1-4-24-15-13(18)7-11(8-14(15)23-3)9-19-21-10(2)20-16-12(17(21)22)5-6-25-16/h5-9H,4H2,1-3H3. The lowest BCUT2D eigenvalue weighted by atomic mass is 10.2. The minimum atomic E-state index is -0.205. The molecule has 25 heavy (non-hydrogen) atoms. The third kappa shape index (κ3) is 3.38. The maximum absolute atomic E-state index is 12.5. The van der Waals surface area contributed by atoms with E-state index in [0.717, 1.165) is 0 Å². The highest BCUT2D eigenvalue weighted by Crippen LogP contribution is 2.36. The van der Waals surface area contributed by atoms with Crippen molar-refractivity contribution in [2.24, 2.45) is 5.10 Å². The van der Waals surface area contributed by atoms with Gasteiger partial charge in [0.1, 0.15) is 10.7 Å². The van der Waals surface area contributed by atoms with Crippen molar-refractivity contribution in [3.05, 3.63) is 50.3 Å². The molecule has 3 rings (SSSR count). The van der Waals surface area contributed by atoms with Crippen LogP contribution in [0.5, 0.6) is 11.5 Å². The molecule has 0 saturated carbocycles. The van der Waals surface area contributed by atoms with Crippen molar-refractivity contribution < 1.29 is 9.47 Å². The van der Waals surface area contributed by atoms with Gasteiger partial charge in [-0.05, 0) is 43.0 Å². The molecule has 130 valence electrons. The van der Waals surface area contributed by atoms with E-state index in [9.17, 15) is 4.79 Å². The number of aromatic nitrogens is 2. The highest BCUT2D eigenvalue weighted by Gasteiger charge is 2.12. The maximum atomic E-state index is 12.5. The Balaban J connectivity index is 2.03. The van der Waals surface area contributed by atoms with E-state index in [-0.39, 0.29) is 5.56 Å². The van der Waals surface area contributed by atoms with Crippen molar-refractivity contribution in [3.63, 3.8) is 0 Å². The molecule has 0 radical (unpaired) electrons. The summed E-state index contributed by atoms with van der Waals surface area (Å²) < 4.78 is 12.1. The monoisotopic (exact) mass is 377 g/mol. The molecule has 0 aliphatic carbocycles. The first-order valence-corrected chi connectivity index (χ1v) is 8.82. The molecule has 1 aromatic carbocycles. The molecule has 0 atom stereocenters. The first kappa shape index (κ1) is 17.4. The molecular weight excluding hydrogens is 362 g/mol. The topological polar surface area (TPSA) is 65.7 Å². The number of ether oxygens (including phenoxy) is 2. The van der Waals surface area contributed by atoms with E-state index in [1.54, 1.807) is 31.3 Å². The van der Waals surface area contributed by atoms with Crippen molar-refractivity contribution >= 4 is 39.4 Å². The van der Waals surface area contributed by atoms with E-state index in [2.05, 4.69) is 10.1 Å². The second-order valence-electron chi connectivity index (χ2n) is 5.13. The third-order valence-corrected chi connectivity index (χ3v) is 4.59. The van der Waals surface area contributed by atoms with Gasteiger partial charge in [-0.3, -0.25) is 4.79 Å². The van der Waals surface area contributed by atoms with Gasteiger partial charge in [-0.25, -0.2) is 4.98 Å². The van der Waals surface area contributed by atoms with Crippen LogP contribution < -0.4 is 15.0 Å². The fourth-order valence-corrected chi connectivity index (χ4v) is 3.44. The number of benzene rings is 1. The summed E-state index contributed by atoms with van der Waals surface area (Å²) in [6.45, 7) is 4.09. The largest absolute Gasteiger partial charge is 0.493 e. The van der Waals surface area contributed by atoms with Gasteiger partial charge < -0.3 is 9.47 Å². The summed E-state index contributed by atoms with van der Waals surface area (Å²) in [4.78, 5) is 17.6. The van der Waals surface area contributed by atoms with Gasteiger partial charge in [0.25, 0.3) is 5.56 Å². The fraction of sp³-hybridized carbons (Fsp3) is 0.235. The summed E-state index contributed by atoms with van der Waals surface area (Å²) in [5, 5.41) is 7.07. The molecule has 0 unspecified atom stereocenters. The minimum Gasteiger partial charge on any atom is -0.493 e. The second kappa shape index (κ2) is 7.25. The van der Waals surface area contributed by atoms with Crippen LogP contribution in [0.1, 0.15) is 18.3 Å². The molecule has 8 heteroatoms. The molecule has 2 heterocycles. The van der Waals surface area contributed by atoms with Crippen molar-refractivity contribution in [1.29, 1.82) is 0 Å². The van der Waals surface area contributed by atoms with Crippen LogP contribution in [0.2, 0.25) is 5.02 Å². The zero-order valence-corrected chi connectivity index (χ0v) is 15.5. The quantitative estimate of drug-likeness (QED) is 0.636. The Hall–Kier alpha value is -2.38. The van der Waals surface area contributed by atoms with Crippen molar-refractivity contribution in [2.45, 2.75) is 13.8 Å². The summed E-state index contributed by atoms with van der Waals surface area (Å²) in [5.41, 5.74) is 0.478. The van der Waals surface area contributed by atoms with Crippen LogP contribution in [-0.4, -0.2) is 29.6 Å². The van der Waals surface area contributed by atoms with Crippen LogP contribution in [0.15, 0.2) is 33.5 Å². The summed E-state index contributed by atoms with van der Waals surface area (Å²) in [6.07, 6.45) is 1.54. The fourth-order valence-electron chi connectivity index (χ4n) is 2.37. The second-order valence-corrected chi connectivity index (χ2v) is 6.43. The zero-order chi connectivity index (χ0) is 18.0. The first-order valence-electron chi connectivity index (χ1n) is 7.56. The lowest BCUT2D eigenvalue weighted by Gasteiger charge is -2.11. The highest BCUT2D eigenvalue weighted by molar-refractivity contribution is 7.16. The van der Waals surface area contributed by atoms with Gasteiger partial charge >= 0.3 is 0 Å². The van der Waals surface area contributed by atoms with Gasteiger partial charge in [0.15, 0.2) is 11.5 Å². The van der Waals surface area contributed by atoms with Crippen molar-refractivity contribution in [1.82, 2.24) is 9.66 Å². The van der Waals surface area contributed by atoms with Gasteiger partial charge in [-0.15, -0.1) is 11.3 Å². The SMILES string of the molecule is CCOc1c(Cl)cc(C=Nn2c(C)nc3sccc3c2=O)cc1OC. The Morgan fingerprint density at radius 3 is 2.96 bits per heavy atom. The zero-order valence-electron chi connectivity index (χ0n) is 13.9. The van der Waals surface area contributed by atoms with Crippen molar-refractivity contribution in [3.8, 4) is 11.5 Å². The molecular formula is C17H16ClN3O3S. The van der Waals surface area contributed by atoms with E-state index in [4.69, 9.17) is 21.1 Å². The number of aryl methyl sites for hydroxylation is 1. The Bertz CT molecular complexity index is 1010. The molecule has 3 aromatic rings. The molecule has 0 N–H and O–H groups in total. The van der Waals surface area contributed by atoms with E-state index in [0.29, 0.717) is 44.7 Å². The molecule has 2 aromatic heterocycles. The number of hydrogen-bond acceptors (Lipinski definition) is 6. The molecule has 0 amide bonds. The van der Waals surface area contributed by atoms with E-state index < -0.39 is 0 Å². The van der Waals surface area contributed by atoms with Crippen molar-refractivity contribution in [2.75, 3.05) is 13.7 Å². The average molecular weight is 378 g/mol. The Kier molecular flexibility index (Phi) is 5.06. The first-order chi connectivity index (χ1) is 12.0. The number of rotatable bonds is 5. The number of nitrogens with zero attached hydrogens (tertiary/aromatic N) is 3. The predicted octanol–water partition coefficient (Wildman–Crippen LogP) is 3.71. The van der Waals surface area contributed by atoms with Crippen LogP contribution in [-0.2, 0) is 0 Å². The van der Waals surface area contributed by atoms with Gasteiger partial charge in [0.05, 0.1) is 30.3 Å². The summed E-state index contributed by atoms with van der Waals surface area (Å²) in [5.74, 6) is 1.50. The number of fused-ring (bicyclic) bond motifs is 1. The smallest absolute Gasteiger partial charge is 0.282 e. The van der Waals surface area contributed by atoms with E-state index >= 15 is 0 Å². The summed E-state index contributed by atoms with van der Waals surface area (Å²) in [6, 6.07) is 5.20. The predicted molar refractivity (Wildman–Crippen MR) is 101 cm³/mol. The lowest BCUT2D eigenvalue weighted by molar-refractivity contribution is 0.311. The van der Waals surface area contributed by atoms with Crippen LogP contribution in [0.4, 0.5) is 0 Å². The third-order valence-electron chi connectivity index (χ3n) is 3.50. The average Bonchev–Trinajstić information content (AvgIpc) is 3.05. The normalized spacial score (nSPS) is 11.4. The van der Waals surface area contributed by atoms with Crippen LogP contribution in [0, 0.1) is 6.92 Å². The molecule has 0 spiro atoms. The van der Waals surface area contributed by atoms with Gasteiger partial charge in [0, 0.05) is 0 Å². The number of thiophene rings is 1. The van der Waals surface area contributed by atoms with Crippen LogP contribution in [0.25, 0.3) is 10.2 Å². The molecule has 0 aliphatic rings. The molecule has 0 aliphatic heterocycles. The van der Waals surface area contributed by atoms with Gasteiger partial charge in [-0.2, -0.15) is 9.78 Å². The number of hydrogen-bond donors (Lipinski definition) is 0. The van der Waals surface area contributed by atoms with Gasteiger partial charge in [-0.1, -0.05) is 11.6 Å². The molecule has 0 bridgehead atoms. The maximum Gasteiger partial charge on any atom is 0.282 e. The molecule has 0 fully saturated rings. The van der Waals surface area contributed by atoms with Gasteiger partial charge in [0.2, 0.25) is 0 Å². The van der Waals surface area contributed by atoms with Crippen LogP contribution in [0.3, 0.4) is 0 Å². The summed E-state index contributed by atoms with van der Waals surface area (Å²) in [7, 11) is 1.54. The van der Waals surface area contributed by atoms with E-state index in [1.807, 2.05) is 12.3 Å². The summed E-state index contributed by atoms with van der Waals surface area (Å²) >= 11 is 7.68. The molecule has 6 nitrogen and oxygen atoms in total. The van der Waals surface area contributed by atoms with E-state index in [1.165, 1.54) is 23.1 Å². The Morgan fingerprint density at radius 1 is 1.44 bits per heavy atom. The Morgan fingerprint density at radius 2 is 2.24 bits per heavy atom.